The van der Waals surface area contributed by atoms with Gasteiger partial charge in [0.1, 0.15) is 0 Å². The van der Waals surface area contributed by atoms with Crippen molar-refractivity contribution in [3.63, 3.8) is 0 Å². The van der Waals surface area contributed by atoms with E-state index in [1.807, 2.05) is 90.4 Å². The zero-order valence-electron chi connectivity index (χ0n) is 7.42. The van der Waals surface area contributed by atoms with Crippen LogP contribution in [0.15, 0.2) is 0 Å². The largest absolute Gasteiger partial charge is 2.00 e. The number of rotatable bonds is 4. The maximum Gasteiger partial charge on any atom is 2.00 e. The topological polar surface area (TPSA) is 80.3 Å². The molecule has 0 aliphatic rings. The average Bonchev–Trinajstić information content (AvgIpc) is 2.15. The van der Waals surface area contributed by atoms with Crippen molar-refractivity contribution in [2.45, 2.75) is 7.85 Å². The molecule has 0 saturated heterocycles. The molecule has 0 aromatic rings. The Hall–Kier alpha value is 2.80. The Morgan fingerprint density at radius 1 is 0.933 bits per heavy atom. The summed E-state index contributed by atoms with van der Waals surface area (Å²) in [5, 5.41) is 19.6. The first-order valence-electron chi connectivity index (χ1n) is 3.18. The second-order valence-electron chi connectivity index (χ2n) is 1.88. The first kappa shape index (κ1) is 22.9. The standard InChI is InChI=1S/2C3H4I2O2.Hg/c2*4-1-2(5)3(6)7;/h2*2H,1H2,(H,6,7);/q;;+2/p-2. The molecule has 84 valence electrons. The summed E-state index contributed by atoms with van der Waals surface area (Å²) in [5.41, 5.74) is 0. The summed E-state index contributed by atoms with van der Waals surface area (Å²) in [6, 6.07) is 0. The van der Waals surface area contributed by atoms with Gasteiger partial charge in [-0.15, -0.1) is 0 Å². The minimum absolute atomic E-state index is 0. The number of alkyl halides is 4. The second kappa shape index (κ2) is 14.9. The van der Waals surface area contributed by atoms with Crippen LogP contribution in [0.5, 0.6) is 0 Å². The normalized spacial score (nSPS) is 12.5. The third-order valence-corrected chi connectivity index (χ3v) is 7.81. The van der Waals surface area contributed by atoms with E-state index in [1.165, 1.54) is 0 Å². The Balaban J connectivity index is -0.000000180. The van der Waals surface area contributed by atoms with E-state index in [9.17, 15) is 19.8 Å². The van der Waals surface area contributed by atoms with Crippen LogP contribution < -0.4 is 10.2 Å². The Bertz CT molecular complexity index is 172. The summed E-state index contributed by atoms with van der Waals surface area (Å²) in [4.78, 5) is 19.6. The predicted octanol–water partition coefficient (Wildman–Crippen LogP) is -0.0527. The molecular formula is C6H6HgI4O4. The SMILES string of the molecule is O=C([O-])C(I)CI.O=C([O-])C(I)CI.[Hg+2]. The van der Waals surface area contributed by atoms with Crippen LogP contribution in [0.4, 0.5) is 0 Å². The maximum absolute atomic E-state index is 9.81. The number of carboxylic acid groups (broad SMARTS) is 2. The summed E-state index contributed by atoms with van der Waals surface area (Å²) in [7, 11) is 0. The number of halogens is 4. The fourth-order valence-electron chi connectivity index (χ4n) is 0.126. The van der Waals surface area contributed by atoms with Gasteiger partial charge in [-0.25, -0.2) is 0 Å². The summed E-state index contributed by atoms with van der Waals surface area (Å²) < 4.78 is 0.554. The van der Waals surface area contributed by atoms with E-state index in [2.05, 4.69) is 0 Å². The van der Waals surface area contributed by atoms with Crippen LogP contribution in [0.2, 0.25) is 0 Å². The van der Waals surface area contributed by atoms with Gasteiger partial charge < -0.3 is 19.8 Å². The van der Waals surface area contributed by atoms with Gasteiger partial charge in [0.05, 0.1) is 19.8 Å². The van der Waals surface area contributed by atoms with Gasteiger partial charge in [-0.3, -0.25) is 0 Å². The summed E-state index contributed by atoms with van der Waals surface area (Å²) in [6.45, 7) is 0. The summed E-state index contributed by atoms with van der Waals surface area (Å²) in [5.74, 6) is -1.95. The predicted molar refractivity (Wildman–Crippen MR) is 83.4 cm³/mol. The zero-order valence-corrected chi connectivity index (χ0v) is 21.5. The summed E-state index contributed by atoms with van der Waals surface area (Å²) >= 11 is 7.65. The molecule has 0 aliphatic heterocycles. The number of hydrogen-bond acceptors (Lipinski definition) is 4. The molecule has 0 radical (unpaired) electrons. The molecule has 4 nitrogen and oxygen atoms in total. The Morgan fingerprint density at radius 2 is 1.13 bits per heavy atom. The quantitative estimate of drug-likeness (QED) is 0.226. The van der Waals surface area contributed by atoms with Gasteiger partial charge in [0.15, 0.2) is 0 Å². The fourth-order valence-corrected chi connectivity index (χ4v) is 0.845. The van der Waals surface area contributed by atoms with Crippen molar-refractivity contribution < 1.29 is 47.5 Å². The minimum Gasteiger partial charge on any atom is -0.549 e. The molecule has 0 heterocycles. The molecule has 2 atom stereocenters. The van der Waals surface area contributed by atoms with Gasteiger partial charge in [0.2, 0.25) is 0 Å². The van der Waals surface area contributed by atoms with E-state index < -0.39 is 11.9 Å². The molecule has 2 unspecified atom stereocenters. The van der Waals surface area contributed by atoms with Gasteiger partial charge >= 0.3 is 27.7 Å². The Morgan fingerprint density at radius 3 is 1.13 bits per heavy atom. The molecule has 0 fully saturated rings. The van der Waals surface area contributed by atoms with Crippen LogP contribution in [0.25, 0.3) is 0 Å². The van der Waals surface area contributed by atoms with E-state index in [1.54, 1.807) is 0 Å². The van der Waals surface area contributed by atoms with Crippen molar-refractivity contribution in [3.05, 3.63) is 0 Å². The number of aliphatic carboxylic acids is 2. The Kier molecular flexibility index (Phi) is 22.7. The fraction of sp³-hybridized carbons (Fsp3) is 0.667. The average molecular weight is 850 g/mol. The third kappa shape index (κ3) is 16.8. The Labute approximate surface area is 163 Å². The maximum atomic E-state index is 9.81. The van der Waals surface area contributed by atoms with Crippen molar-refractivity contribution in [2.75, 3.05) is 8.86 Å². The van der Waals surface area contributed by atoms with Crippen LogP contribution in [-0.4, -0.2) is 28.6 Å². The van der Waals surface area contributed by atoms with Gasteiger partial charge in [0, 0.05) is 8.86 Å². The minimum atomic E-state index is -0.977. The number of hydrogen-bond donors (Lipinski definition) is 0. The summed E-state index contributed by atoms with van der Waals surface area (Å²) in [6.07, 6.45) is 0. The van der Waals surface area contributed by atoms with Crippen molar-refractivity contribution >= 4 is 102 Å². The molecule has 0 spiro atoms. The number of carbonyl (C=O) groups excluding carboxylic acids is 2. The number of carboxylic acids is 2. The van der Waals surface area contributed by atoms with E-state index in [-0.39, 0.29) is 35.5 Å². The first-order valence-corrected chi connectivity index (χ1v) is 8.72. The molecule has 0 saturated carbocycles. The molecule has 15 heavy (non-hydrogen) atoms. The third-order valence-electron chi connectivity index (χ3n) is 0.782. The molecule has 0 bridgehead atoms. The van der Waals surface area contributed by atoms with Crippen molar-refractivity contribution in [1.82, 2.24) is 0 Å². The second-order valence-corrected chi connectivity index (χ2v) is 6.65. The smallest absolute Gasteiger partial charge is 0.549 e. The molecule has 0 N–H and O–H groups in total. The van der Waals surface area contributed by atoms with Crippen molar-refractivity contribution in [1.29, 1.82) is 0 Å². The van der Waals surface area contributed by atoms with Crippen LogP contribution in [0.3, 0.4) is 0 Å². The molecule has 0 amide bonds. The van der Waals surface area contributed by atoms with E-state index in [0.717, 1.165) is 0 Å². The van der Waals surface area contributed by atoms with Gasteiger partial charge in [-0.1, -0.05) is 90.4 Å². The van der Waals surface area contributed by atoms with Gasteiger partial charge in [0.25, 0.3) is 0 Å². The van der Waals surface area contributed by atoms with Gasteiger partial charge in [-0.05, 0) is 0 Å². The monoisotopic (exact) mass is 852 g/mol. The zero-order chi connectivity index (χ0) is 11.7. The van der Waals surface area contributed by atoms with Crippen LogP contribution >= 0.6 is 90.4 Å². The molecule has 0 aliphatic carbocycles. The van der Waals surface area contributed by atoms with E-state index >= 15 is 0 Å². The molecule has 9 heteroatoms. The van der Waals surface area contributed by atoms with Crippen LogP contribution in [0.1, 0.15) is 0 Å². The molecule has 0 aromatic heterocycles. The van der Waals surface area contributed by atoms with E-state index in [0.29, 0.717) is 8.86 Å². The molecular weight excluding hydrogens is 844 g/mol. The van der Waals surface area contributed by atoms with Gasteiger partial charge in [-0.2, -0.15) is 0 Å². The van der Waals surface area contributed by atoms with Crippen molar-refractivity contribution in [3.8, 4) is 0 Å². The van der Waals surface area contributed by atoms with Crippen molar-refractivity contribution in [2.24, 2.45) is 0 Å². The van der Waals surface area contributed by atoms with Crippen LogP contribution in [-0.2, 0) is 37.3 Å². The van der Waals surface area contributed by atoms with Crippen LogP contribution in [0, 0.1) is 0 Å². The van der Waals surface area contributed by atoms with E-state index in [4.69, 9.17) is 0 Å². The molecule has 0 aromatic carbocycles. The first-order chi connectivity index (χ1) is 6.36. The number of carbonyl (C=O) groups is 2. The molecule has 0 rings (SSSR count).